The monoisotopic (exact) mass is 508 g/mol. The first kappa shape index (κ1) is 26.8. The largest absolute Gasteiger partial charge is 0.498 e. The van der Waals surface area contributed by atoms with Crippen molar-refractivity contribution in [2.24, 2.45) is 5.73 Å². The third-order valence-corrected chi connectivity index (χ3v) is 5.83. The first-order valence-electron chi connectivity index (χ1n) is 9.83. The normalized spacial score (nSPS) is 14.5. The molecule has 1 aliphatic rings. The topological polar surface area (TPSA) is 163 Å². The molecular formula is C22H25ClN4O6S. The van der Waals surface area contributed by atoms with Crippen molar-refractivity contribution in [2.75, 3.05) is 24.8 Å². The van der Waals surface area contributed by atoms with E-state index in [0.29, 0.717) is 33.7 Å². The van der Waals surface area contributed by atoms with Gasteiger partial charge in [0.05, 0.1) is 25.5 Å². The Morgan fingerprint density at radius 1 is 1.21 bits per heavy atom. The highest BCUT2D eigenvalue weighted by atomic mass is 35.5. The third kappa shape index (κ3) is 6.13. The molecule has 12 heteroatoms. The predicted molar refractivity (Wildman–Crippen MR) is 131 cm³/mol. The third-order valence-electron chi connectivity index (χ3n) is 5.11. The number of sulfonamides is 1. The number of aliphatic carboxylic acids is 1. The summed E-state index contributed by atoms with van der Waals surface area (Å²) in [6.07, 6.45) is 0.850. The second-order valence-corrected chi connectivity index (χ2v) is 9.32. The molecule has 1 atom stereocenters. The summed E-state index contributed by atoms with van der Waals surface area (Å²) >= 11 is 0. The van der Waals surface area contributed by atoms with Gasteiger partial charge in [0.1, 0.15) is 17.6 Å². The molecule has 0 saturated carbocycles. The number of nitrogen functional groups attached to an aromatic ring is 1. The van der Waals surface area contributed by atoms with Gasteiger partial charge in [-0.1, -0.05) is 36.4 Å². The number of methoxy groups -OCH3 is 1. The molecular weight excluding hydrogens is 484 g/mol. The molecule has 0 aliphatic carbocycles. The van der Waals surface area contributed by atoms with Crippen molar-refractivity contribution in [1.82, 2.24) is 4.72 Å². The van der Waals surface area contributed by atoms with E-state index in [1.807, 2.05) is 0 Å². The Balaban J connectivity index is 0.00000408. The summed E-state index contributed by atoms with van der Waals surface area (Å²) in [5, 5.41) is 16.8. The lowest BCUT2D eigenvalue weighted by Gasteiger charge is -2.18. The number of carboxylic acids is 1. The van der Waals surface area contributed by atoms with Crippen LogP contribution in [0.1, 0.15) is 16.7 Å². The quantitative estimate of drug-likeness (QED) is 0.293. The summed E-state index contributed by atoms with van der Waals surface area (Å²) in [5.74, 6) is -1.13. The van der Waals surface area contributed by atoms with Gasteiger partial charge in [-0.05, 0) is 29.7 Å². The Morgan fingerprint density at radius 2 is 1.79 bits per heavy atom. The number of carbonyl (C=O) groups excluding carboxylic acids is 1. The van der Waals surface area contributed by atoms with Gasteiger partial charge in [0.2, 0.25) is 10.0 Å². The number of nitrogens with zero attached hydrogens (tertiary/aromatic N) is 1. The van der Waals surface area contributed by atoms with Gasteiger partial charge >= 0.3 is 5.97 Å². The van der Waals surface area contributed by atoms with Gasteiger partial charge in [0, 0.05) is 11.3 Å². The van der Waals surface area contributed by atoms with Crippen LogP contribution in [-0.4, -0.2) is 57.2 Å². The van der Waals surface area contributed by atoms with E-state index in [9.17, 15) is 23.1 Å². The standard InChI is InChI=1S/C22H24N4O6S.ClH/c1-32-18-12-26(21(27)19(18)14-5-7-15(8-6-14)20(23)24)16-9-3-13(4-10-16)11-17(22(28)29)25-33(2,30)31;/h3-10,17,25H,11-12H2,1-2H3,(H3,23,24)(H,28,29);1H. The number of benzene rings is 2. The Labute approximate surface area is 203 Å². The van der Waals surface area contributed by atoms with Crippen LogP contribution in [0.2, 0.25) is 0 Å². The van der Waals surface area contributed by atoms with Gasteiger partial charge in [-0.25, -0.2) is 13.1 Å². The number of rotatable bonds is 9. The molecule has 0 aromatic heterocycles. The minimum Gasteiger partial charge on any atom is -0.498 e. The van der Waals surface area contributed by atoms with Gasteiger partial charge in [-0.2, -0.15) is 0 Å². The highest BCUT2D eigenvalue weighted by molar-refractivity contribution is 7.88. The first-order chi connectivity index (χ1) is 15.5. The van der Waals surface area contributed by atoms with E-state index in [2.05, 4.69) is 4.72 Å². The molecule has 0 radical (unpaired) electrons. The summed E-state index contributed by atoms with van der Waals surface area (Å²) in [4.78, 5) is 26.1. The molecule has 2 aromatic carbocycles. The zero-order valence-corrected chi connectivity index (χ0v) is 20.1. The van der Waals surface area contributed by atoms with Crippen LogP contribution in [0, 0.1) is 5.41 Å². The lowest BCUT2D eigenvalue weighted by molar-refractivity contribution is -0.138. The lowest BCUT2D eigenvalue weighted by atomic mass is 10.0. The fraction of sp³-hybridized carbons (Fsp3) is 0.227. The summed E-state index contributed by atoms with van der Waals surface area (Å²) in [7, 11) is -2.20. The van der Waals surface area contributed by atoms with Crippen molar-refractivity contribution in [3.8, 4) is 0 Å². The van der Waals surface area contributed by atoms with Crippen LogP contribution in [0.3, 0.4) is 0 Å². The molecule has 0 saturated heterocycles. The molecule has 3 rings (SSSR count). The average molecular weight is 509 g/mol. The van der Waals surface area contributed by atoms with E-state index in [1.165, 1.54) is 12.0 Å². The van der Waals surface area contributed by atoms with Gasteiger partial charge in [-0.3, -0.25) is 15.0 Å². The van der Waals surface area contributed by atoms with Gasteiger partial charge < -0.3 is 20.5 Å². The van der Waals surface area contributed by atoms with E-state index in [1.54, 1.807) is 48.5 Å². The number of carboxylic acid groups (broad SMARTS) is 1. The number of carbonyl (C=O) groups is 2. The Hall–Kier alpha value is -3.41. The molecule has 0 fully saturated rings. The summed E-state index contributed by atoms with van der Waals surface area (Å²) < 4.78 is 30.4. The number of nitrogens with one attached hydrogen (secondary N) is 2. The van der Waals surface area contributed by atoms with Gasteiger partial charge in [-0.15, -0.1) is 12.4 Å². The average Bonchev–Trinajstić information content (AvgIpc) is 3.09. The molecule has 10 nitrogen and oxygen atoms in total. The minimum absolute atomic E-state index is 0. The minimum atomic E-state index is -3.69. The van der Waals surface area contributed by atoms with E-state index >= 15 is 0 Å². The van der Waals surface area contributed by atoms with Crippen LogP contribution >= 0.6 is 12.4 Å². The van der Waals surface area contributed by atoms with E-state index < -0.39 is 22.0 Å². The van der Waals surface area contributed by atoms with Crippen LogP contribution in [0.25, 0.3) is 5.57 Å². The molecule has 1 amide bonds. The number of hydrogen-bond donors (Lipinski definition) is 4. The number of nitrogens with two attached hydrogens (primary N) is 1. The number of amides is 1. The Bertz CT molecular complexity index is 1230. The molecule has 2 aromatic rings. The van der Waals surface area contributed by atoms with Crippen molar-refractivity contribution in [3.05, 3.63) is 71.0 Å². The van der Waals surface area contributed by atoms with Crippen LogP contribution < -0.4 is 15.4 Å². The van der Waals surface area contributed by atoms with E-state index in [-0.39, 0.29) is 37.1 Å². The van der Waals surface area contributed by atoms with Crippen molar-refractivity contribution < 1.29 is 27.9 Å². The number of anilines is 1. The van der Waals surface area contributed by atoms with Crippen LogP contribution in [0.5, 0.6) is 0 Å². The summed E-state index contributed by atoms with van der Waals surface area (Å²) in [5.41, 5.74) is 8.24. The molecule has 182 valence electrons. The summed E-state index contributed by atoms with van der Waals surface area (Å²) in [6.45, 7) is 0.214. The predicted octanol–water partition coefficient (Wildman–Crippen LogP) is 1.34. The van der Waals surface area contributed by atoms with Crippen molar-refractivity contribution in [1.29, 1.82) is 5.41 Å². The Morgan fingerprint density at radius 3 is 2.26 bits per heavy atom. The number of hydrogen-bond acceptors (Lipinski definition) is 6. The lowest BCUT2D eigenvalue weighted by Crippen LogP contribution is -2.41. The van der Waals surface area contributed by atoms with Gasteiger partial charge in [0.15, 0.2) is 0 Å². The SMILES string of the molecule is COC1=C(c2ccc(C(=N)N)cc2)C(=O)N(c2ccc(CC(NS(C)(=O)=O)C(=O)O)cc2)C1.Cl. The van der Waals surface area contributed by atoms with Gasteiger partial charge in [0.25, 0.3) is 5.91 Å². The maximum absolute atomic E-state index is 13.2. The van der Waals surface area contributed by atoms with Crippen LogP contribution in [-0.2, 0) is 30.8 Å². The zero-order chi connectivity index (χ0) is 24.3. The van der Waals surface area contributed by atoms with Crippen molar-refractivity contribution >= 4 is 51.4 Å². The maximum Gasteiger partial charge on any atom is 0.322 e. The number of ether oxygens (including phenoxy) is 1. The molecule has 5 N–H and O–H groups in total. The highest BCUT2D eigenvalue weighted by Crippen LogP contribution is 2.32. The van der Waals surface area contributed by atoms with Crippen LogP contribution in [0.15, 0.2) is 54.3 Å². The number of halogens is 1. The van der Waals surface area contributed by atoms with Crippen LogP contribution in [0.4, 0.5) is 5.69 Å². The molecule has 0 spiro atoms. The second kappa shape index (κ2) is 10.7. The second-order valence-electron chi connectivity index (χ2n) is 7.54. The number of amidine groups is 1. The molecule has 1 unspecified atom stereocenters. The molecule has 0 bridgehead atoms. The fourth-order valence-electron chi connectivity index (χ4n) is 3.51. The molecule has 1 heterocycles. The maximum atomic E-state index is 13.2. The Kier molecular flexibility index (Phi) is 8.43. The smallest absolute Gasteiger partial charge is 0.322 e. The molecule has 1 aliphatic heterocycles. The zero-order valence-electron chi connectivity index (χ0n) is 18.4. The van der Waals surface area contributed by atoms with Crippen molar-refractivity contribution in [3.63, 3.8) is 0 Å². The summed E-state index contributed by atoms with van der Waals surface area (Å²) in [6, 6.07) is 12.1. The highest BCUT2D eigenvalue weighted by Gasteiger charge is 2.33. The fourth-order valence-corrected chi connectivity index (χ4v) is 4.21. The van der Waals surface area contributed by atoms with E-state index in [0.717, 1.165) is 6.26 Å². The van der Waals surface area contributed by atoms with E-state index in [4.69, 9.17) is 15.9 Å². The first-order valence-corrected chi connectivity index (χ1v) is 11.7. The van der Waals surface area contributed by atoms with Crippen molar-refractivity contribution in [2.45, 2.75) is 12.5 Å². The molecule has 34 heavy (non-hydrogen) atoms.